The van der Waals surface area contributed by atoms with Gasteiger partial charge in [-0.15, -0.1) is 0 Å². The second-order valence-corrected chi connectivity index (χ2v) is 8.99. The maximum atomic E-state index is 14.4. The summed E-state index contributed by atoms with van der Waals surface area (Å²) in [6.45, 7) is 1.11. The van der Waals surface area contributed by atoms with Crippen LogP contribution in [0, 0.1) is 5.82 Å². The highest BCUT2D eigenvalue weighted by Crippen LogP contribution is 2.57. The van der Waals surface area contributed by atoms with Crippen LogP contribution in [0.3, 0.4) is 0 Å². The summed E-state index contributed by atoms with van der Waals surface area (Å²) in [5, 5.41) is 11.6. The van der Waals surface area contributed by atoms with Gasteiger partial charge in [-0.25, -0.2) is 4.39 Å². The van der Waals surface area contributed by atoms with Crippen LogP contribution < -0.4 is 4.74 Å². The molecule has 2 aliphatic heterocycles. The van der Waals surface area contributed by atoms with Gasteiger partial charge in [-0.05, 0) is 47.1 Å². The van der Waals surface area contributed by atoms with Crippen LogP contribution in [-0.4, -0.2) is 33.3 Å². The first-order valence-electron chi connectivity index (χ1n) is 9.65. The summed E-state index contributed by atoms with van der Waals surface area (Å²) < 4.78 is 20.7. The molecule has 3 heterocycles. The average Bonchev–Trinajstić information content (AvgIpc) is 3.15. The lowest BCUT2D eigenvalue weighted by Gasteiger charge is -2.40. The number of hydrogen-bond donors (Lipinski definition) is 1. The normalized spacial score (nSPS) is 23.8. The van der Waals surface area contributed by atoms with Crippen LogP contribution in [0.4, 0.5) is 4.39 Å². The van der Waals surface area contributed by atoms with E-state index in [-0.39, 0.29) is 44.2 Å². The van der Waals surface area contributed by atoms with Gasteiger partial charge in [0.2, 0.25) is 5.60 Å². The average molecular weight is 518 g/mol. The molecule has 3 aromatic rings. The molecule has 6 nitrogen and oxygen atoms in total. The van der Waals surface area contributed by atoms with Crippen molar-refractivity contribution >= 4 is 39.3 Å². The molecule has 0 fully saturated rings. The molecule has 2 aromatic carbocycles. The Hall–Kier alpha value is -2.81. The molecule has 0 spiro atoms. The van der Waals surface area contributed by atoms with E-state index in [4.69, 9.17) is 16.3 Å². The minimum atomic E-state index is -1.85. The summed E-state index contributed by atoms with van der Waals surface area (Å²) in [4.78, 5) is 31.5. The van der Waals surface area contributed by atoms with Crippen molar-refractivity contribution < 1.29 is 23.8 Å². The number of carbonyl (C=O) groups is 2. The molecule has 1 aromatic heterocycles. The first-order chi connectivity index (χ1) is 15.2. The fourth-order valence-corrected chi connectivity index (χ4v) is 5.29. The number of rotatable bonds is 3. The predicted molar refractivity (Wildman–Crippen MR) is 117 cm³/mol. The van der Waals surface area contributed by atoms with Crippen LogP contribution in [0.5, 0.6) is 5.75 Å². The molecule has 162 valence electrons. The van der Waals surface area contributed by atoms with Crippen LogP contribution in [0.2, 0.25) is 5.02 Å². The third-order valence-electron chi connectivity index (χ3n) is 6.02. The molecule has 2 unspecified atom stereocenters. The van der Waals surface area contributed by atoms with Gasteiger partial charge in [-0.3, -0.25) is 19.5 Å². The maximum absolute atomic E-state index is 14.4. The van der Waals surface area contributed by atoms with Crippen molar-refractivity contribution in [3.05, 3.63) is 92.4 Å². The lowest BCUT2D eigenvalue weighted by molar-refractivity contribution is -0.118. The van der Waals surface area contributed by atoms with E-state index in [1.54, 1.807) is 42.5 Å². The zero-order valence-electron chi connectivity index (χ0n) is 16.6. The molecule has 0 bridgehead atoms. The van der Waals surface area contributed by atoms with Crippen molar-refractivity contribution in [3.63, 3.8) is 0 Å². The molecule has 2 atom stereocenters. The Morgan fingerprint density at radius 3 is 2.38 bits per heavy atom. The van der Waals surface area contributed by atoms with E-state index >= 15 is 0 Å². The Morgan fingerprint density at radius 2 is 1.78 bits per heavy atom. The van der Waals surface area contributed by atoms with Crippen LogP contribution in [-0.2, 0) is 11.2 Å². The zero-order chi connectivity index (χ0) is 22.8. The van der Waals surface area contributed by atoms with Gasteiger partial charge >= 0.3 is 0 Å². The minimum absolute atomic E-state index is 0.0334. The van der Waals surface area contributed by atoms with Gasteiger partial charge in [0.05, 0.1) is 28.4 Å². The van der Waals surface area contributed by atoms with Crippen molar-refractivity contribution in [1.29, 1.82) is 0 Å². The molecule has 1 N–H and O–H groups in total. The summed E-state index contributed by atoms with van der Waals surface area (Å²) >= 11 is 9.34. The minimum Gasteiger partial charge on any atom is -0.475 e. The predicted octanol–water partition coefficient (Wildman–Crippen LogP) is 4.43. The molecule has 5 rings (SSSR count). The van der Waals surface area contributed by atoms with E-state index in [1.165, 1.54) is 13.1 Å². The summed E-state index contributed by atoms with van der Waals surface area (Å²) in [7, 11) is 0. The third-order valence-corrected chi connectivity index (χ3v) is 7.41. The number of imide groups is 1. The summed E-state index contributed by atoms with van der Waals surface area (Å²) in [5.41, 5.74) is -2.57. The molecule has 9 heteroatoms. The van der Waals surface area contributed by atoms with Gasteiger partial charge in [0.15, 0.2) is 0 Å². The van der Waals surface area contributed by atoms with Crippen LogP contribution in [0.25, 0.3) is 0 Å². The van der Waals surface area contributed by atoms with Crippen LogP contribution in [0.1, 0.15) is 38.9 Å². The number of halogens is 3. The first kappa shape index (κ1) is 21.1. The molecule has 2 aliphatic rings. The number of aromatic nitrogens is 1. The largest absolute Gasteiger partial charge is 0.475 e. The maximum Gasteiger partial charge on any atom is 0.261 e. The zero-order valence-corrected chi connectivity index (χ0v) is 18.9. The monoisotopic (exact) mass is 516 g/mol. The highest BCUT2D eigenvalue weighted by molar-refractivity contribution is 9.10. The Labute approximate surface area is 195 Å². The van der Waals surface area contributed by atoms with Crippen molar-refractivity contribution in [2.24, 2.45) is 0 Å². The molecule has 0 radical (unpaired) electrons. The Bertz CT molecular complexity index is 1270. The van der Waals surface area contributed by atoms with Crippen molar-refractivity contribution in [2.45, 2.75) is 18.1 Å². The second kappa shape index (κ2) is 7.10. The third kappa shape index (κ3) is 2.69. The Kier molecular flexibility index (Phi) is 4.67. The number of aliphatic hydroxyl groups is 1. The Balaban J connectivity index is 1.70. The molecule has 0 saturated heterocycles. The van der Waals surface area contributed by atoms with Gasteiger partial charge in [0, 0.05) is 22.3 Å². The van der Waals surface area contributed by atoms with Crippen LogP contribution >= 0.6 is 27.5 Å². The quantitative estimate of drug-likeness (QED) is 0.411. The fraction of sp³-hybridized carbons (Fsp3) is 0.174. The molecule has 32 heavy (non-hydrogen) atoms. The van der Waals surface area contributed by atoms with E-state index in [2.05, 4.69) is 20.9 Å². The van der Waals surface area contributed by atoms with E-state index in [0.29, 0.717) is 0 Å². The first-order valence-corrected chi connectivity index (χ1v) is 10.8. The van der Waals surface area contributed by atoms with E-state index in [9.17, 15) is 19.1 Å². The number of hydrogen-bond acceptors (Lipinski definition) is 5. The lowest BCUT2D eigenvalue weighted by Crippen LogP contribution is -2.56. The van der Waals surface area contributed by atoms with E-state index < -0.39 is 28.8 Å². The highest BCUT2D eigenvalue weighted by atomic mass is 79.9. The highest BCUT2D eigenvalue weighted by Gasteiger charge is 2.62. The Morgan fingerprint density at radius 1 is 1.16 bits per heavy atom. The SMILES string of the molecule is CC1(O)c2c(cc(F)c(Cl)c2Br)OC1(CN1C(=O)c2ccccc2C1=O)c1ccccn1. The standard InChI is InChI=1S/C23H15BrClFN2O4/c1-22(31)17-15(10-14(26)19(25)18(17)24)32-23(22,16-8-4-5-9-27-16)11-28-20(29)12-6-2-3-7-13(12)21(28)30/h2-10,31H,11H2,1H3. The number of nitrogens with zero attached hydrogens (tertiary/aromatic N) is 2. The number of fused-ring (bicyclic) bond motifs is 2. The number of carbonyl (C=O) groups excluding carboxylic acids is 2. The van der Waals surface area contributed by atoms with Crippen molar-refractivity contribution in [3.8, 4) is 5.75 Å². The topological polar surface area (TPSA) is 79.7 Å². The molecular formula is C23H15BrClFN2O4. The number of amides is 2. The van der Waals surface area contributed by atoms with E-state index in [1.807, 2.05) is 0 Å². The van der Waals surface area contributed by atoms with Gasteiger partial charge in [0.1, 0.15) is 17.2 Å². The number of benzene rings is 2. The molecule has 2 amide bonds. The van der Waals surface area contributed by atoms with Crippen LogP contribution in [0.15, 0.2) is 59.2 Å². The van der Waals surface area contributed by atoms with Crippen molar-refractivity contribution in [1.82, 2.24) is 9.88 Å². The number of ether oxygens (including phenoxy) is 1. The van der Waals surface area contributed by atoms with Crippen molar-refractivity contribution in [2.75, 3.05) is 6.54 Å². The summed E-state index contributed by atoms with van der Waals surface area (Å²) in [5.74, 6) is -1.74. The summed E-state index contributed by atoms with van der Waals surface area (Å²) in [6.07, 6.45) is 1.50. The van der Waals surface area contributed by atoms with Gasteiger partial charge < -0.3 is 9.84 Å². The van der Waals surface area contributed by atoms with Gasteiger partial charge in [-0.2, -0.15) is 0 Å². The smallest absolute Gasteiger partial charge is 0.261 e. The lowest BCUT2D eigenvalue weighted by atomic mass is 9.78. The second-order valence-electron chi connectivity index (χ2n) is 7.82. The van der Waals surface area contributed by atoms with Gasteiger partial charge in [0.25, 0.3) is 11.8 Å². The molecular weight excluding hydrogens is 503 g/mol. The summed E-state index contributed by atoms with van der Waals surface area (Å²) in [6, 6.07) is 12.5. The van der Waals surface area contributed by atoms with Gasteiger partial charge in [-0.1, -0.05) is 29.8 Å². The molecule has 0 saturated carbocycles. The molecule has 0 aliphatic carbocycles. The van der Waals surface area contributed by atoms with E-state index in [0.717, 1.165) is 11.0 Å². The number of pyridine rings is 1. The fourth-order valence-electron chi connectivity index (χ4n) is 4.37.